The first kappa shape index (κ1) is 8.11. The van der Waals surface area contributed by atoms with Crippen LogP contribution in [-0.2, 0) is 7.05 Å². The van der Waals surface area contributed by atoms with Crippen LogP contribution in [0.3, 0.4) is 0 Å². The third-order valence-corrected chi connectivity index (χ3v) is 1.45. The minimum atomic E-state index is 0.198. The van der Waals surface area contributed by atoms with Crippen LogP contribution in [0.1, 0.15) is 19.5 Å². The van der Waals surface area contributed by atoms with Gasteiger partial charge in [0.25, 0.3) is 0 Å². The summed E-state index contributed by atoms with van der Waals surface area (Å²) >= 11 is 0. The van der Waals surface area contributed by atoms with E-state index in [1.165, 1.54) is 0 Å². The van der Waals surface area contributed by atoms with Crippen molar-refractivity contribution in [3.8, 4) is 5.88 Å². The number of hydrogen-bond donors (Lipinski definition) is 0. The van der Waals surface area contributed by atoms with E-state index in [4.69, 9.17) is 4.74 Å². The summed E-state index contributed by atoms with van der Waals surface area (Å²) in [5.41, 5.74) is 1.11. The van der Waals surface area contributed by atoms with Gasteiger partial charge in [-0.25, -0.2) is 0 Å². The van der Waals surface area contributed by atoms with Gasteiger partial charge < -0.3 is 4.74 Å². The topological polar surface area (TPSA) is 27.1 Å². The van der Waals surface area contributed by atoms with Gasteiger partial charge in [-0.1, -0.05) is 0 Å². The summed E-state index contributed by atoms with van der Waals surface area (Å²) in [6.45, 7) is 5.98. The van der Waals surface area contributed by atoms with Crippen LogP contribution < -0.4 is 4.74 Å². The Balaban J connectivity index is 2.73. The Hall–Kier alpha value is -0.990. The van der Waals surface area contributed by atoms with Crippen molar-refractivity contribution in [3.05, 3.63) is 11.8 Å². The summed E-state index contributed by atoms with van der Waals surface area (Å²) in [6, 6.07) is 1.93. The Morgan fingerprint density at radius 1 is 1.55 bits per heavy atom. The predicted octanol–water partition coefficient (Wildman–Crippen LogP) is 1.52. The van der Waals surface area contributed by atoms with E-state index < -0.39 is 0 Å². The molecular weight excluding hydrogens is 140 g/mol. The normalized spacial score (nSPS) is 10.6. The van der Waals surface area contributed by atoms with Gasteiger partial charge in [-0.15, -0.1) is 5.10 Å². The van der Waals surface area contributed by atoms with E-state index in [-0.39, 0.29) is 6.10 Å². The van der Waals surface area contributed by atoms with Crippen LogP contribution in [0.15, 0.2) is 6.07 Å². The molecule has 0 atom stereocenters. The number of ether oxygens (including phenoxy) is 1. The number of rotatable bonds is 2. The second-order valence-electron chi connectivity index (χ2n) is 2.91. The number of nitrogens with zero attached hydrogens (tertiary/aromatic N) is 2. The fourth-order valence-electron chi connectivity index (χ4n) is 0.827. The van der Waals surface area contributed by atoms with Crippen molar-refractivity contribution >= 4 is 0 Å². The molecule has 0 fully saturated rings. The quantitative estimate of drug-likeness (QED) is 0.645. The van der Waals surface area contributed by atoms with Crippen LogP contribution in [-0.4, -0.2) is 15.9 Å². The first-order valence-electron chi connectivity index (χ1n) is 3.77. The molecule has 3 nitrogen and oxygen atoms in total. The Kier molecular flexibility index (Phi) is 2.17. The van der Waals surface area contributed by atoms with E-state index >= 15 is 0 Å². The van der Waals surface area contributed by atoms with Crippen LogP contribution in [0.5, 0.6) is 5.88 Å². The first-order valence-corrected chi connectivity index (χ1v) is 3.77. The van der Waals surface area contributed by atoms with Gasteiger partial charge in [-0.2, -0.15) is 0 Å². The molecule has 0 spiro atoms. The molecule has 0 saturated carbocycles. The molecule has 0 aromatic carbocycles. The van der Waals surface area contributed by atoms with E-state index in [1.807, 2.05) is 33.9 Å². The molecule has 0 amide bonds. The zero-order valence-electron chi connectivity index (χ0n) is 7.46. The summed E-state index contributed by atoms with van der Waals surface area (Å²) in [5.74, 6) is 0.708. The molecule has 0 bridgehead atoms. The minimum absolute atomic E-state index is 0.198. The fourth-order valence-corrected chi connectivity index (χ4v) is 0.827. The minimum Gasteiger partial charge on any atom is -0.474 e. The van der Waals surface area contributed by atoms with Crippen molar-refractivity contribution in [2.24, 2.45) is 7.05 Å². The van der Waals surface area contributed by atoms with E-state index in [0.717, 1.165) is 5.69 Å². The number of aryl methyl sites for hydroxylation is 2. The maximum Gasteiger partial charge on any atom is 0.233 e. The Bertz CT molecular complexity index is 221. The van der Waals surface area contributed by atoms with Gasteiger partial charge in [0.2, 0.25) is 5.88 Å². The van der Waals surface area contributed by atoms with Crippen LogP contribution in [0, 0.1) is 6.92 Å². The molecule has 0 aliphatic heterocycles. The molecule has 0 N–H and O–H groups in total. The number of hydrogen-bond acceptors (Lipinski definition) is 2. The summed E-state index contributed by atoms with van der Waals surface area (Å²) in [7, 11) is 1.91. The summed E-state index contributed by atoms with van der Waals surface area (Å²) in [6.07, 6.45) is 0.198. The monoisotopic (exact) mass is 154 g/mol. The maximum absolute atomic E-state index is 5.38. The highest BCUT2D eigenvalue weighted by atomic mass is 16.5. The highest BCUT2D eigenvalue weighted by Gasteiger charge is 2.02. The molecule has 1 rings (SSSR count). The first-order chi connectivity index (χ1) is 5.09. The maximum atomic E-state index is 5.38. The van der Waals surface area contributed by atoms with Crippen molar-refractivity contribution in [1.29, 1.82) is 0 Å². The Labute approximate surface area is 67.0 Å². The van der Waals surface area contributed by atoms with Crippen molar-refractivity contribution in [1.82, 2.24) is 9.78 Å². The van der Waals surface area contributed by atoms with Gasteiger partial charge in [0.1, 0.15) is 0 Å². The molecule has 11 heavy (non-hydrogen) atoms. The second-order valence-corrected chi connectivity index (χ2v) is 2.91. The largest absolute Gasteiger partial charge is 0.474 e. The Morgan fingerprint density at radius 3 is 2.55 bits per heavy atom. The summed E-state index contributed by atoms with van der Waals surface area (Å²) < 4.78 is 7.19. The predicted molar refractivity (Wildman–Crippen MR) is 43.7 cm³/mol. The second kappa shape index (κ2) is 2.95. The van der Waals surface area contributed by atoms with Crippen molar-refractivity contribution in [2.75, 3.05) is 0 Å². The van der Waals surface area contributed by atoms with Gasteiger partial charge in [0.15, 0.2) is 0 Å². The summed E-state index contributed by atoms with van der Waals surface area (Å²) in [5, 5.41) is 4.14. The average Bonchev–Trinajstić information content (AvgIpc) is 2.10. The van der Waals surface area contributed by atoms with Crippen LogP contribution in [0.4, 0.5) is 0 Å². The molecule has 0 aliphatic carbocycles. The van der Waals surface area contributed by atoms with Crippen LogP contribution >= 0.6 is 0 Å². The lowest BCUT2D eigenvalue weighted by Gasteiger charge is -2.04. The lowest BCUT2D eigenvalue weighted by Crippen LogP contribution is -2.06. The average molecular weight is 154 g/mol. The molecule has 1 aromatic rings. The van der Waals surface area contributed by atoms with Crippen molar-refractivity contribution in [2.45, 2.75) is 26.9 Å². The lowest BCUT2D eigenvalue weighted by atomic mass is 10.4. The SMILES string of the molecule is Cc1cc(OC(C)C)nn1C. The van der Waals surface area contributed by atoms with Gasteiger partial charge in [0, 0.05) is 18.8 Å². The van der Waals surface area contributed by atoms with E-state index in [2.05, 4.69) is 5.10 Å². The van der Waals surface area contributed by atoms with E-state index in [9.17, 15) is 0 Å². The highest BCUT2D eigenvalue weighted by molar-refractivity contribution is 5.13. The molecule has 3 heteroatoms. The lowest BCUT2D eigenvalue weighted by molar-refractivity contribution is 0.230. The molecule has 1 heterocycles. The van der Waals surface area contributed by atoms with Gasteiger partial charge in [0.05, 0.1) is 6.10 Å². The Morgan fingerprint density at radius 2 is 2.18 bits per heavy atom. The zero-order valence-corrected chi connectivity index (χ0v) is 7.46. The van der Waals surface area contributed by atoms with E-state index in [1.54, 1.807) is 4.68 Å². The summed E-state index contributed by atoms with van der Waals surface area (Å²) in [4.78, 5) is 0. The highest BCUT2D eigenvalue weighted by Crippen LogP contribution is 2.10. The third kappa shape index (κ3) is 1.97. The van der Waals surface area contributed by atoms with Gasteiger partial charge >= 0.3 is 0 Å². The zero-order chi connectivity index (χ0) is 8.43. The molecule has 0 radical (unpaired) electrons. The molecule has 62 valence electrons. The molecule has 0 aliphatic rings. The molecule has 1 aromatic heterocycles. The molecule has 0 saturated heterocycles. The van der Waals surface area contributed by atoms with Crippen LogP contribution in [0.25, 0.3) is 0 Å². The van der Waals surface area contributed by atoms with Gasteiger partial charge in [-0.3, -0.25) is 4.68 Å². The standard InChI is InChI=1S/C8H14N2O/c1-6(2)11-8-5-7(3)10(4)9-8/h5-6H,1-4H3. The van der Waals surface area contributed by atoms with Crippen molar-refractivity contribution < 1.29 is 4.74 Å². The van der Waals surface area contributed by atoms with Crippen LogP contribution in [0.2, 0.25) is 0 Å². The number of aromatic nitrogens is 2. The van der Waals surface area contributed by atoms with Crippen molar-refractivity contribution in [3.63, 3.8) is 0 Å². The fraction of sp³-hybridized carbons (Fsp3) is 0.625. The smallest absolute Gasteiger partial charge is 0.233 e. The van der Waals surface area contributed by atoms with Gasteiger partial charge in [-0.05, 0) is 20.8 Å². The molecular formula is C8H14N2O. The molecule has 0 unspecified atom stereocenters. The third-order valence-electron chi connectivity index (χ3n) is 1.45. The van der Waals surface area contributed by atoms with E-state index in [0.29, 0.717) is 5.88 Å².